The van der Waals surface area contributed by atoms with Gasteiger partial charge in [-0.1, -0.05) is 12.1 Å². The van der Waals surface area contributed by atoms with E-state index in [-0.39, 0.29) is 24.2 Å². The maximum absolute atomic E-state index is 12.1. The highest BCUT2D eigenvalue weighted by molar-refractivity contribution is 5.77. The number of benzene rings is 1. The van der Waals surface area contributed by atoms with Crippen molar-refractivity contribution < 1.29 is 14.3 Å². The smallest absolute Gasteiger partial charge is 0.223 e. The summed E-state index contributed by atoms with van der Waals surface area (Å²) >= 11 is 0. The molecule has 0 radical (unpaired) electrons. The molecule has 1 aliphatic rings. The van der Waals surface area contributed by atoms with E-state index in [2.05, 4.69) is 10.6 Å². The average molecular weight is 306 g/mol. The number of hydrogen-bond donors (Lipinski definition) is 2. The summed E-state index contributed by atoms with van der Waals surface area (Å²) < 4.78 is 11.2. The summed E-state index contributed by atoms with van der Waals surface area (Å²) in [6.07, 6.45) is 0.493. The number of carbonyl (C=O) groups is 1. The van der Waals surface area contributed by atoms with Crippen molar-refractivity contribution in [1.82, 2.24) is 10.6 Å². The van der Waals surface area contributed by atoms with Crippen LogP contribution in [-0.4, -0.2) is 37.8 Å². The zero-order valence-electron chi connectivity index (χ0n) is 13.6. The van der Waals surface area contributed by atoms with Gasteiger partial charge in [-0.15, -0.1) is 0 Å². The molecule has 122 valence electrons. The molecule has 2 unspecified atom stereocenters. The summed E-state index contributed by atoms with van der Waals surface area (Å²) in [7, 11) is 0. The third-order valence-corrected chi connectivity index (χ3v) is 3.52. The van der Waals surface area contributed by atoms with Crippen LogP contribution in [0.3, 0.4) is 0 Å². The predicted octanol–water partition coefficient (Wildman–Crippen LogP) is 2.03. The van der Waals surface area contributed by atoms with Gasteiger partial charge in [-0.2, -0.15) is 0 Å². The van der Waals surface area contributed by atoms with Crippen LogP contribution in [0.1, 0.15) is 38.8 Å². The van der Waals surface area contributed by atoms with Crippen molar-refractivity contribution in [2.75, 3.05) is 19.7 Å². The van der Waals surface area contributed by atoms with E-state index in [1.807, 2.05) is 45.0 Å². The molecule has 0 aliphatic carbocycles. The number of ether oxygens (including phenoxy) is 2. The normalized spacial score (nSPS) is 19.7. The van der Waals surface area contributed by atoms with Crippen LogP contribution in [0.2, 0.25) is 0 Å². The summed E-state index contributed by atoms with van der Waals surface area (Å²) in [6.45, 7) is 8.23. The Morgan fingerprint density at radius 1 is 1.45 bits per heavy atom. The minimum atomic E-state index is -0.0558. The van der Waals surface area contributed by atoms with Crippen molar-refractivity contribution in [3.8, 4) is 5.75 Å². The summed E-state index contributed by atoms with van der Waals surface area (Å²) in [4.78, 5) is 12.1. The van der Waals surface area contributed by atoms with Crippen LogP contribution < -0.4 is 15.4 Å². The van der Waals surface area contributed by atoms with Gasteiger partial charge in [0.15, 0.2) is 0 Å². The van der Waals surface area contributed by atoms with Crippen LogP contribution >= 0.6 is 0 Å². The van der Waals surface area contributed by atoms with E-state index < -0.39 is 0 Å². The van der Waals surface area contributed by atoms with Gasteiger partial charge in [-0.05, 0) is 38.5 Å². The lowest BCUT2D eigenvalue weighted by Crippen LogP contribution is -2.41. The molecule has 1 saturated heterocycles. The molecular formula is C17H26N2O3. The summed E-state index contributed by atoms with van der Waals surface area (Å²) in [5.41, 5.74) is 1.04. The topological polar surface area (TPSA) is 59.6 Å². The lowest BCUT2D eigenvalue weighted by atomic mass is 10.1. The summed E-state index contributed by atoms with van der Waals surface area (Å²) in [6, 6.07) is 7.80. The second-order valence-electron chi connectivity index (χ2n) is 5.93. The Kier molecular flexibility index (Phi) is 6.21. The van der Waals surface area contributed by atoms with Gasteiger partial charge in [0.1, 0.15) is 5.75 Å². The van der Waals surface area contributed by atoms with Crippen LogP contribution in [0.15, 0.2) is 24.3 Å². The van der Waals surface area contributed by atoms with E-state index in [4.69, 9.17) is 9.47 Å². The molecule has 1 amide bonds. The van der Waals surface area contributed by atoms with Gasteiger partial charge in [-0.25, -0.2) is 0 Å². The monoisotopic (exact) mass is 306 g/mol. The summed E-state index contributed by atoms with van der Waals surface area (Å²) in [5.74, 6) is 0.838. The fourth-order valence-corrected chi connectivity index (χ4v) is 2.47. The van der Waals surface area contributed by atoms with E-state index in [0.29, 0.717) is 13.0 Å². The number of rotatable bonds is 6. The van der Waals surface area contributed by atoms with Crippen molar-refractivity contribution in [2.24, 2.45) is 0 Å². The fourth-order valence-electron chi connectivity index (χ4n) is 2.47. The highest BCUT2D eigenvalue weighted by Gasteiger charge is 2.19. The lowest BCUT2D eigenvalue weighted by Gasteiger charge is -2.24. The molecule has 1 aromatic carbocycles. The number of morpholine rings is 1. The maximum Gasteiger partial charge on any atom is 0.223 e. The molecular weight excluding hydrogens is 280 g/mol. The SMILES string of the molecule is CC(C)Oc1cccc(C(C)NC(=O)CC2CNCCO2)c1. The molecule has 1 aromatic rings. The highest BCUT2D eigenvalue weighted by atomic mass is 16.5. The molecule has 5 heteroatoms. The van der Waals surface area contributed by atoms with Gasteiger partial charge in [-0.3, -0.25) is 4.79 Å². The molecule has 1 aliphatic heterocycles. The molecule has 0 spiro atoms. The van der Waals surface area contributed by atoms with Gasteiger partial charge >= 0.3 is 0 Å². The van der Waals surface area contributed by atoms with Crippen molar-refractivity contribution in [1.29, 1.82) is 0 Å². The van der Waals surface area contributed by atoms with Crippen LogP contribution in [0.5, 0.6) is 5.75 Å². The number of amides is 1. The Hall–Kier alpha value is -1.59. The van der Waals surface area contributed by atoms with Crippen LogP contribution in [0, 0.1) is 0 Å². The molecule has 0 saturated carbocycles. The first-order chi connectivity index (χ1) is 10.5. The van der Waals surface area contributed by atoms with Gasteiger partial charge in [0, 0.05) is 13.1 Å². The fraction of sp³-hybridized carbons (Fsp3) is 0.588. The quantitative estimate of drug-likeness (QED) is 0.844. The van der Waals surface area contributed by atoms with Crippen LogP contribution in [-0.2, 0) is 9.53 Å². The standard InChI is InChI=1S/C17H26N2O3/c1-12(2)22-15-6-4-5-14(9-15)13(3)19-17(20)10-16-11-18-7-8-21-16/h4-6,9,12-13,16,18H,7-8,10-11H2,1-3H3,(H,19,20). The minimum Gasteiger partial charge on any atom is -0.491 e. The zero-order valence-corrected chi connectivity index (χ0v) is 13.6. The number of carbonyl (C=O) groups excluding carboxylic acids is 1. The first kappa shape index (κ1) is 16.8. The van der Waals surface area contributed by atoms with Gasteiger partial charge in [0.25, 0.3) is 0 Å². The molecule has 22 heavy (non-hydrogen) atoms. The predicted molar refractivity (Wildman–Crippen MR) is 86.0 cm³/mol. The second kappa shape index (κ2) is 8.15. The molecule has 0 bridgehead atoms. The average Bonchev–Trinajstić information content (AvgIpc) is 2.47. The van der Waals surface area contributed by atoms with Crippen molar-refractivity contribution in [3.63, 3.8) is 0 Å². The molecule has 0 aromatic heterocycles. The molecule has 2 rings (SSSR count). The van der Waals surface area contributed by atoms with Crippen molar-refractivity contribution in [2.45, 2.75) is 45.4 Å². The maximum atomic E-state index is 12.1. The highest BCUT2D eigenvalue weighted by Crippen LogP contribution is 2.20. The van der Waals surface area contributed by atoms with Crippen LogP contribution in [0.25, 0.3) is 0 Å². The van der Waals surface area contributed by atoms with E-state index in [1.165, 1.54) is 0 Å². The van der Waals surface area contributed by atoms with Crippen molar-refractivity contribution >= 4 is 5.91 Å². The van der Waals surface area contributed by atoms with E-state index in [9.17, 15) is 4.79 Å². The van der Waals surface area contributed by atoms with E-state index in [0.717, 1.165) is 24.4 Å². The van der Waals surface area contributed by atoms with Gasteiger partial charge < -0.3 is 20.1 Å². The molecule has 5 nitrogen and oxygen atoms in total. The summed E-state index contributed by atoms with van der Waals surface area (Å²) in [5, 5.41) is 6.25. The molecule has 2 atom stereocenters. The van der Waals surface area contributed by atoms with Crippen molar-refractivity contribution in [3.05, 3.63) is 29.8 Å². The Morgan fingerprint density at radius 3 is 2.95 bits per heavy atom. The molecule has 2 N–H and O–H groups in total. The van der Waals surface area contributed by atoms with Gasteiger partial charge in [0.2, 0.25) is 5.91 Å². The molecule has 1 fully saturated rings. The Labute approximate surface area is 132 Å². The first-order valence-corrected chi connectivity index (χ1v) is 7.93. The zero-order chi connectivity index (χ0) is 15.9. The largest absolute Gasteiger partial charge is 0.491 e. The number of nitrogens with one attached hydrogen (secondary N) is 2. The van der Waals surface area contributed by atoms with Crippen LogP contribution in [0.4, 0.5) is 0 Å². The Bertz CT molecular complexity index is 485. The third kappa shape index (κ3) is 5.31. The van der Waals surface area contributed by atoms with Gasteiger partial charge in [0.05, 0.1) is 31.3 Å². The van der Waals surface area contributed by atoms with E-state index in [1.54, 1.807) is 0 Å². The minimum absolute atomic E-state index is 0.0105. The Morgan fingerprint density at radius 2 is 2.27 bits per heavy atom. The Balaban J connectivity index is 1.87. The molecule has 1 heterocycles. The third-order valence-electron chi connectivity index (χ3n) is 3.52. The first-order valence-electron chi connectivity index (χ1n) is 7.93. The van der Waals surface area contributed by atoms with E-state index >= 15 is 0 Å². The lowest BCUT2D eigenvalue weighted by molar-refractivity contribution is -0.125. The second-order valence-corrected chi connectivity index (χ2v) is 5.93. The number of hydrogen-bond acceptors (Lipinski definition) is 4.